The van der Waals surface area contributed by atoms with Crippen molar-refractivity contribution >= 4 is 11.0 Å². The molecule has 1 aromatic carbocycles. The summed E-state index contributed by atoms with van der Waals surface area (Å²) in [6.07, 6.45) is 5.11. The van der Waals surface area contributed by atoms with E-state index in [9.17, 15) is 0 Å². The van der Waals surface area contributed by atoms with Crippen LogP contribution in [0.25, 0.3) is 11.0 Å². The molecule has 4 heteroatoms. The lowest BCUT2D eigenvalue weighted by atomic mass is 10.2. The van der Waals surface area contributed by atoms with E-state index >= 15 is 0 Å². The maximum Gasteiger partial charge on any atom is 0.137 e. The van der Waals surface area contributed by atoms with Crippen molar-refractivity contribution in [2.45, 2.75) is 25.6 Å². The summed E-state index contributed by atoms with van der Waals surface area (Å²) in [5.74, 6) is 0. The second-order valence-electron chi connectivity index (χ2n) is 6.30. The summed E-state index contributed by atoms with van der Waals surface area (Å²) in [6.45, 7) is 4.24. The first-order chi connectivity index (χ1) is 11.4. The Labute approximate surface area is 136 Å². The fourth-order valence-electron chi connectivity index (χ4n) is 3.40. The van der Waals surface area contributed by atoms with Crippen LogP contribution < -0.4 is 5.32 Å². The average Bonchev–Trinajstić information content (AvgIpc) is 3.21. The van der Waals surface area contributed by atoms with Crippen molar-refractivity contribution in [3.05, 3.63) is 66.0 Å². The Bertz CT molecular complexity index is 765. The summed E-state index contributed by atoms with van der Waals surface area (Å²) in [5.41, 5.74) is 3.67. The smallest absolute Gasteiger partial charge is 0.137 e. The summed E-state index contributed by atoms with van der Waals surface area (Å²) in [5, 5.41) is 4.92. The number of hydrogen-bond acceptors (Lipinski definition) is 3. The molecule has 2 aromatic heterocycles. The Balaban J connectivity index is 1.32. The molecule has 0 radical (unpaired) electrons. The molecule has 1 saturated heterocycles. The van der Waals surface area contributed by atoms with E-state index in [0.29, 0.717) is 6.04 Å². The third-order valence-corrected chi connectivity index (χ3v) is 4.64. The number of rotatable bonds is 5. The zero-order valence-electron chi connectivity index (χ0n) is 13.2. The van der Waals surface area contributed by atoms with Gasteiger partial charge in [-0.1, -0.05) is 30.3 Å². The van der Waals surface area contributed by atoms with E-state index in [1.54, 1.807) is 0 Å². The predicted octanol–water partition coefficient (Wildman–Crippen LogP) is 2.93. The minimum Gasteiger partial charge on any atom is -0.346 e. The van der Waals surface area contributed by atoms with Gasteiger partial charge in [0.25, 0.3) is 0 Å². The Hall–Kier alpha value is -2.17. The van der Waals surface area contributed by atoms with E-state index in [-0.39, 0.29) is 0 Å². The summed E-state index contributed by atoms with van der Waals surface area (Å²) >= 11 is 0. The lowest BCUT2D eigenvalue weighted by Crippen LogP contribution is -2.31. The quantitative estimate of drug-likeness (QED) is 0.762. The first-order valence-corrected chi connectivity index (χ1v) is 8.29. The van der Waals surface area contributed by atoms with E-state index in [0.717, 1.165) is 25.3 Å². The van der Waals surface area contributed by atoms with Crippen molar-refractivity contribution in [2.75, 3.05) is 13.1 Å². The van der Waals surface area contributed by atoms with Gasteiger partial charge in [-0.3, -0.25) is 4.90 Å². The molecule has 1 atom stereocenters. The number of fused-ring (bicyclic) bond motifs is 1. The highest BCUT2D eigenvalue weighted by Crippen LogP contribution is 2.17. The number of aromatic amines is 1. The van der Waals surface area contributed by atoms with Crippen LogP contribution in [0.1, 0.15) is 17.5 Å². The third kappa shape index (κ3) is 3.28. The van der Waals surface area contributed by atoms with Crippen molar-refractivity contribution in [3.63, 3.8) is 0 Å². The van der Waals surface area contributed by atoms with Crippen LogP contribution in [0.15, 0.2) is 54.9 Å². The van der Waals surface area contributed by atoms with Gasteiger partial charge in [-0.2, -0.15) is 0 Å². The van der Waals surface area contributed by atoms with Gasteiger partial charge in [0.15, 0.2) is 0 Å². The van der Waals surface area contributed by atoms with Crippen LogP contribution in [0, 0.1) is 0 Å². The summed E-state index contributed by atoms with van der Waals surface area (Å²) in [6, 6.07) is 15.4. The molecule has 3 heterocycles. The zero-order valence-corrected chi connectivity index (χ0v) is 13.2. The van der Waals surface area contributed by atoms with Crippen molar-refractivity contribution in [1.29, 1.82) is 0 Å². The number of hydrogen-bond donors (Lipinski definition) is 2. The van der Waals surface area contributed by atoms with Gasteiger partial charge in [0.05, 0.1) is 0 Å². The molecule has 118 valence electrons. The maximum atomic E-state index is 4.35. The zero-order chi connectivity index (χ0) is 15.5. The Morgan fingerprint density at radius 1 is 1.17 bits per heavy atom. The second kappa shape index (κ2) is 6.52. The minimum absolute atomic E-state index is 0.570. The molecule has 1 aliphatic heterocycles. The number of benzene rings is 1. The first kappa shape index (κ1) is 14.4. The van der Waals surface area contributed by atoms with Crippen LogP contribution in [0.2, 0.25) is 0 Å². The first-order valence-electron chi connectivity index (χ1n) is 8.29. The van der Waals surface area contributed by atoms with Crippen molar-refractivity contribution in [3.8, 4) is 0 Å². The molecule has 23 heavy (non-hydrogen) atoms. The van der Waals surface area contributed by atoms with Crippen LogP contribution in [-0.2, 0) is 13.1 Å². The van der Waals surface area contributed by atoms with Crippen LogP contribution in [-0.4, -0.2) is 34.0 Å². The fraction of sp³-hybridized carbons (Fsp3) is 0.316. The normalized spacial score (nSPS) is 18.7. The van der Waals surface area contributed by atoms with Crippen molar-refractivity contribution < 1.29 is 0 Å². The summed E-state index contributed by atoms with van der Waals surface area (Å²) in [7, 11) is 0. The van der Waals surface area contributed by atoms with Crippen molar-refractivity contribution in [1.82, 2.24) is 20.2 Å². The number of H-pyrrole nitrogens is 1. The number of aromatic nitrogens is 2. The van der Waals surface area contributed by atoms with Crippen LogP contribution in [0.5, 0.6) is 0 Å². The minimum atomic E-state index is 0.570. The SMILES string of the molecule is c1ccc(CN2CCC(NCc3c[nH]c4ncccc34)C2)cc1. The molecule has 1 fully saturated rings. The standard InChI is InChI=1S/C19H22N4/c1-2-5-15(6-3-1)13-23-10-8-17(14-23)21-11-16-12-22-19-18(16)7-4-9-20-19/h1-7,9,12,17,21H,8,10-11,13-14H2,(H,20,22). The average molecular weight is 306 g/mol. The summed E-state index contributed by atoms with van der Waals surface area (Å²) in [4.78, 5) is 10.1. The molecular formula is C19H22N4. The molecule has 0 amide bonds. The molecule has 0 aliphatic carbocycles. The van der Waals surface area contributed by atoms with Crippen LogP contribution >= 0.6 is 0 Å². The fourth-order valence-corrected chi connectivity index (χ4v) is 3.40. The Morgan fingerprint density at radius 3 is 3.00 bits per heavy atom. The van der Waals surface area contributed by atoms with E-state index in [1.807, 2.05) is 12.3 Å². The van der Waals surface area contributed by atoms with Gasteiger partial charge in [0.1, 0.15) is 5.65 Å². The Morgan fingerprint density at radius 2 is 2.09 bits per heavy atom. The van der Waals surface area contributed by atoms with Gasteiger partial charge in [-0.05, 0) is 29.7 Å². The molecule has 0 spiro atoms. The Kier molecular flexibility index (Phi) is 4.09. The highest BCUT2D eigenvalue weighted by Gasteiger charge is 2.22. The molecule has 4 rings (SSSR count). The number of nitrogens with one attached hydrogen (secondary N) is 2. The molecule has 0 saturated carbocycles. The topological polar surface area (TPSA) is 44.0 Å². The lowest BCUT2D eigenvalue weighted by Gasteiger charge is -2.16. The van der Waals surface area contributed by atoms with Crippen LogP contribution in [0.3, 0.4) is 0 Å². The molecule has 2 N–H and O–H groups in total. The molecule has 4 nitrogen and oxygen atoms in total. The summed E-state index contributed by atoms with van der Waals surface area (Å²) < 4.78 is 0. The number of pyridine rings is 1. The van der Waals surface area contributed by atoms with Crippen molar-refractivity contribution in [2.24, 2.45) is 0 Å². The van der Waals surface area contributed by atoms with E-state index < -0.39 is 0 Å². The highest BCUT2D eigenvalue weighted by molar-refractivity contribution is 5.79. The molecule has 1 unspecified atom stereocenters. The van der Waals surface area contributed by atoms with Gasteiger partial charge in [-0.25, -0.2) is 4.98 Å². The number of nitrogens with zero attached hydrogens (tertiary/aromatic N) is 2. The highest BCUT2D eigenvalue weighted by atomic mass is 15.2. The number of likely N-dealkylation sites (tertiary alicyclic amines) is 1. The van der Waals surface area contributed by atoms with E-state index in [2.05, 4.69) is 62.8 Å². The largest absolute Gasteiger partial charge is 0.346 e. The molecular weight excluding hydrogens is 284 g/mol. The van der Waals surface area contributed by atoms with E-state index in [4.69, 9.17) is 0 Å². The maximum absolute atomic E-state index is 4.35. The molecule has 0 bridgehead atoms. The molecule has 3 aromatic rings. The lowest BCUT2D eigenvalue weighted by molar-refractivity contribution is 0.320. The van der Waals surface area contributed by atoms with Gasteiger partial charge in [0, 0.05) is 50.0 Å². The second-order valence-corrected chi connectivity index (χ2v) is 6.30. The van der Waals surface area contributed by atoms with E-state index in [1.165, 1.54) is 29.5 Å². The van der Waals surface area contributed by atoms with Crippen LogP contribution in [0.4, 0.5) is 0 Å². The monoisotopic (exact) mass is 306 g/mol. The van der Waals surface area contributed by atoms with Gasteiger partial charge in [-0.15, -0.1) is 0 Å². The van der Waals surface area contributed by atoms with Gasteiger partial charge < -0.3 is 10.3 Å². The predicted molar refractivity (Wildman–Crippen MR) is 93.1 cm³/mol. The van der Waals surface area contributed by atoms with Gasteiger partial charge in [0.2, 0.25) is 0 Å². The third-order valence-electron chi connectivity index (χ3n) is 4.64. The molecule has 1 aliphatic rings. The van der Waals surface area contributed by atoms with Gasteiger partial charge >= 0.3 is 0 Å².